The summed E-state index contributed by atoms with van der Waals surface area (Å²) in [6.45, 7) is -1.06. The lowest BCUT2D eigenvalue weighted by molar-refractivity contribution is 0.0764. The van der Waals surface area contributed by atoms with E-state index in [4.69, 9.17) is 11.6 Å². The number of carbonyl (C=O) groups excluding carboxylic acids is 1. The smallest absolute Gasteiger partial charge is 0.298 e. The number of alkyl halides is 2. The molecule has 4 rings (SSSR count). The van der Waals surface area contributed by atoms with Crippen molar-refractivity contribution in [3.63, 3.8) is 0 Å². The molecule has 0 atom stereocenters. The van der Waals surface area contributed by atoms with Gasteiger partial charge in [0.25, 0.3) is 5.91 Å². The van der Waals surface area contributed by atoms with Crippen LogP contribution in [-0.4, -0.2) is 20.4 Å². The van der Waals surface area contributed by atoms with Gasteiger partial charge in [-0.1, -0.05) is 35.1 Å². The molecule has 28 heavy (non-hydrogen) atoms. The standard InChI is InChI=1S/C19H13ClF2N4OS/c1-10-15(16-24-13-4-2-3-5-14(13)26(16)18(21)22)28-19(23-10)25-17(27)11-6-8-12(20)9-7-11/h2-9,18H,1H3,(H,23,25,27). The van der Waals surface area contributed by atoms with Crippen LogP contribution in [0.2, 0.25) is 5.02 Å². The maximum absolute atomic E-state index is 13.7. The highest BCUT2D eigenvalue weighted by Crippen LogP contribution is 2.36. The Hall–Kier alpha value is -2.84. The molecule has 1 amide bonds. The second kappa shape index (κ2) is 7.29. The number of halogens is 3. The summed E-state index contributed by atoms with van der Waals surface area (Å²) in [4.78, 5) is 21.5. The number of amides is 1. The van der Waals surface area contributed by atoms with Crippen LogP contribution >= 0.6 is 22.9 Å². The van der Waals surface area contributed by atoms with E-state index < -0.39 is 6.55 Å². The quantitative estimate of drug-likeness (QED) is 0.457. The molecule has 2 aromatic carbocycles. The third kappa shape index (κ3) is 3.36. The first kappa shape index (κ1) is 18.5. The maximum Gasteiger partial charge on any atom is 0.320 e. The number of rotatable bonds is 4. The van der Waals surface area contributed by atoms with Crippen molar-refractivity contribution in [3.05, 3.63) is 64.8 Å². The molecule has 0 bridgehead atoms. The Kier molecular flexibility index (Phi) is 4.82. The van der Waals surface area contributed by atoms with Gasteiger partial charge in [-0.15, -0.1) is 0 Å². The lowest BCUT2D eigenvalue weighted by atomic mass is 10.2. The molecule has 0 aliphatic heterocycles. The molecule has 0 saturated heterocycles. The van der Waals surface area contributed by atoms with Crippen molar-refractivity contribution < 1.29 is 13.6 Å². The Morgan fingerprint density at radius 3 is 2.57 bits per heavy atom. The van der Waals surface area contributed by atoms with Gasteiger partial charge >= 0.3 is 6.55 Å². The molecule has 0 spiro atoms. The summed E-state index contributed by atoms with van der Waals surface area (Å²) in [5, 5.41) is 3.52. The van der Waals surface area contributed by atoms with Crippen LogP contribution in [0.1, 0.15) is 22.6 Å². The molecular formula is C19H13ClF2N4OS. The van der Waals surface area contributed by atoms with Gasteiger partial charge < -0.3 is 0 Å². The van der Waals surface area contributed by atoms with Crippen LogP contribution in [0, 0.1) is 6.92 Å². The fraction of sp³-hybridized carbons (Fsp3) is 0.105. The Labute approximate surface area is 167 Å². The number of benzene rings is 2. The van der Waals surface area contributed by atoms with E-state index >= 15 is 0 Å². The largest absolute Gasteiger partial charge is 0.320 e. The Balaban J connectivity index is 1.70. The van der Waals surface area contributed by atoms with Crippen molar-refractivity contribution in [3.8, 4) is 10.7 Å². The highest BCUT2D eigenvalue weighted by molar-refractivity contribution is 7.19. The van der Waals surface area contributed by atoms with Gasteiger partial charge in [0.15, 0.2) is 11.0 Å². The molecule has 0 radical (unpaired) electrons. The van der Waals surface area contributed by atoms with E-state index in [0.29, 0.717) is 37.3 Å². The number of nitrogens with zero attached hydrogens (tertiary/aromatic N) is 3. The number of thiazole rings is 1. The molecule has 2 heterocycles. The lowest BCUT2D eigenvalue weighted by Crippen LogP contribution is -2.11. The number of carbonyl (C=O) groups is 1. The van der Waals surface area contributed by atoms with Crippen LogP contribution < -0.4 is 5.32 Å². The minimum atomic E-state index is -2.75. The van der Waals surface area contributed by atoms with Crippen molar-refractivity contribution in [1.29, 1.82) is 0 Å². The van der Waals surface area contributed by atoms with Crippen LogP contribution in [0.15, 0.2) is 48.5 Å². The van der Waals surface area contributed by atoms with Gasteiger partial charge in [0.05, 0.1) is 21.6 Å². The van der Waals surface area contributed by atoms with Crippen molar-refractivity contribution in [2.45, 2.75) is 13.5 Å². The predicted octanol–water partition coefficient (Wildman–Crippen LogP) is 5.77. The monoisotopic (exact) mass is 418 g/mol. The number of imidazole rings is 1. The summed E-state index contributed by atoms with van der Waals surface area (Å²) in [5.41, 5.74) is 1.73. The zero-order valence-electron chi connectivity index (χ0n) is 14.5. The molecular weight excluding hydrogens is 406 g/mol. The van der Waals surface area contributed by atoms with E-state index in [-0.39, 0.29) is 11.7 Å². The normalized spacial score (nSPS) is 11.3. The summed E-state index contributed by atoms with van der Waals surface area (Å²) in [7, 11) is 0. The first-order valence-electron chi connectivity index (χ1n) is 8.24. The summed E-state index contributed by atoms with van der Waals surface area (Å²) >= 11 is 6.93. The molecule has 0 aliphatic carbocycles. The highest BCUT2D eigenvalue weighted by Gasteiger charge is 2.23. The first-order chi connectivity index (χ1) is 13.4. The number of hydrogen-bond donors (Lipinski definition) is 1. The van der Waals surface area contributed by atoms with E-state index in [0.717, 1.165) is 15.9 Å². The van der Waals surface area contributed by atoms with Crippen LogP contribution in [0.25, 0.3) is 21.7 Å². The van der Waals surface area contributed by atoms with Gasteiger partial charge in [-0.05, 0) is 43.3 Å². The van der Waals surface area contributed by atoms with Gasteiger partial charge in [0.2, 0.25) is 0 Å². The van der Waals surface area contributed by atoms with E-state index in [1.165, 1.54) is 0 Å². The summed E-state index contributed by atoms with van der Waals surface area (Å²) in [5.74, 6) is -0.238. The van der Waals surface area contributed by atoms with Crippen molar-refractivity contribution in [2.75, 3.05) is 5.32 Å². The summed E-state index contributed by atoms with van der Waals surface area (Å²) in [6, 6.07) is 13.1. The number of fused-ring (bicyclic) bond motifs is 1. The SMILES string of the molecule is Cc1nc(NC(=O)c2ccc(Cl)cc2)sc1-c1nc2ccccc2n1C(F)F. The third-order valence-corrected chi connectivity index (χ3v) is 5.44. The average Bonchev–Trinajstić information content (AvgIpc) is 3.22. The number of nitrogens with one attached hydrogen (secondary N) is 1. The Morgan fingerprint density at radius 2 is 1.86 bits per heavy atom. The van der Waals surface area contributed by atoms with E-state index in [1.807, 2.05) is 0 Å². The van der Waals surface area contributed by atoms with Crippen molar-refractivity contribution in [2.24, 2.45) is 0 Å². The van der Waals surface area contributed by atoms with Crippen LogP contribution in [-0.2, 0) is 0 Å². The second-order valence-electron chi connectivity index (χ2n) is 5.97. The molecule has 0 saturated carbocycles. The van der Waals surface area contributed by atoms with E-state index in [1.54, 1.807) is 55.5 Å². The molecule has 142 valence electrons. The lowest BCUT2D eigenvalue weighted by Gasteiger charge is -2.06. The number of aryl methyl sites for hydroxylation is 1. The zero-order valence-corrected chi connectivity index (χ0v) is 16.1. The van der Waals surface area contributed by atoms with Gasteiger partial charge in [0, 0.05) is 10.6 Å². The second-order valence-corrected chi connectivity index (χ2v) is 7.40. The van der Waals surface area contributed by atoms with Crippen LogP contribution in [0.5, 0.6) is 0 Å². The number of aromatic nitrogens is 3. The van der Waals surface area contributed by atoms with Crippen molar-refractivity contribution in [1.82, 2.24) is 14.5 Å². The average molecular weight is 419 g/mol. The first-order valence-corrected chi connectivity index (χ1v) is 9.43. The molecule has 0 aliphatic rings. The molecule has 9 heteroatoms. The minimum Gasteiger partial charge on any atom is -0.298 e. The van der Waals surface area contributed by atoms with E-state index in [2.05, 4.69) is 15.3 Å². The third-order valence-electron chi connectivity index (χ3n) is 4.12. The van der Waals surface area contributed by atoms with E-state index in [9.17, 15) is 13.6 Å². The van der Waals surface area contributed by atoms with Crippen molar-refractivity contribution >= 4 is 45.0 Å². The molecule has 0 unspecified atom stereocenters. The van der Waals surface area contributed by atoms with Gasteiger partial charge in [-0.25, -0.2) is 9.97 Å². The topological polar surface area (TPSA) is 59.8 Å². The minimum absolute atomic E-state index is 0.123. The fourth-order valence-electron chi connectivity index (χ4n) is 2.83. The Bertz CT molecular complexity index is 1170. The summed E-state index contributed by atoms with van der Waals surface area (Å²) in [6.07, 6.45) is 0. The summed E-state index contributed by atoms with van der Waals surface area (Å²) < 4.78 is 28.3. The molecule has 2 aromatic heterocycles. The number of para-hydroxylation sites is 2. The number of hydrogen-bond acceptors (Lipinski definition) is 4. The maximum atomic E-state index is 13.7. The van der Waals surface area contributed by atoms with Gasteiger partial charge in [-0.3, -0.25) is 14.7 Å². The number of anilines is 1. The van der Waals surface area contributed by atoms with Crippen LogP contribution in [0.4, 0.5) is 13.9 Å². The van der Waals surface area contributed by atoms with Gasteiger partial charge in [-0.2, -0.15) is 8.78 Å². The molecule has 0 fully saturated rings. The molecule has 4 aromatic rings. The molecule has 5 nitrogen and oxygen atoms in total. The predicted molar refractivity (Wildman–Crippen MR) is 106 cm³/mol. The van der Waals surface area contributed by atoms with Gasteiger partial charge in [0.1, 0.15) is 0 Å². The zero-order chi connectivity index (χ0) is 19.8. The molecule has 1 N–H and O–H groups in total. The Morgan fingerprint density at radius 1 is 1.14 bits per heavy atom. The highest BCUT2D eigenvalue weighted by atomic mass is 35.5. The fourth-order valence-corrected chi connectivity index (χ4v) is 3.90. The van der Waals surface area contributed by atoms with Crippen LogP contribution in [0.3, 0.4) is 0 Å².